The van der Waals surface area contributed by atoms with E-state index < -0.39 is 16.0 Å². The normalized spacial score (nSPS) is 13.7. The van der Waals surface area contributed by atoms with Gasteiger partial charge in [0, 0.05) is 26.9 Å². The number of carbonyl (C=O) groups is 1. The molecule has 8 nitrogen and oxygen atoms in total. The summed E-state index contributed by atoms with van der Waals surface area (Å²) >= 11 is 4.91. The molecule has 5 rings (SSSR count). The van der Waals surface area contributed by atoms with Crippen molar-refractivity contribution in [3.05, 3.63) is 80.4 Å². The number of hydrogen-bond donors (Lipinski definition) is 2. The topological polar surface area (TPSA) is 128 Å². The molecule has 0 unspecified atom stereocenters. The predicted octanol–water partition coefficient (Wildman–Crippen LogP) is 5.21. The summed E-state index contributed by atoms with van der Waals surface area (Å²) in [6.45, 7) is 1.92. The fourth-order valence-electron chi connectivity index (χ4n) is 4.34. The largest absolute Gasteiger partial charge is 0.476 e. The number of thiazole rings is 1. The van der Waals surface area contributed by atoms with E-state index in [-0.39, 0.29) is 10.6 Å². The summed E-state index contributed by atoms with van der Waals surface area (Å²) in [4.78, 5) is 17.1. The first-order valence-corrected chi connectivity index (χ1v) is 15.0. The van der Waals surface area contributed by atoms with Crippen molar-refractivity contribution in [3.8, 4) is 16.4 Å². The molecule has 37 heavy (non-hydrogen) atoms. The van der Waals surface area contributed by atoms with Crippen LogP contribution in [0.5, 0.6) is 0 Å². The van der Waals surface area contributed by atoms with Crippen LogP contribution in [0.25, 0.3) is 16.4 Å². The summed E-state index contributed by atoms with van der Waals surface area (Å²) in [5.41, 5.74) is 4.71. The van der Waals surface area contributed by atoms with Crippen molar-refractivity contribution < 1.29 is 18.3 Å². The number of aromatic nitrogens is 3. The Morgan fingerprint density at radius 2 is 1.95 bits per heavy atom. The molecule has 11 heteroatoms. The number of rotatable bonds is 9. The minimum absolute atomic E-state index is 0.0634. The first kappa shape index (κ1) is 25.8. The van der Waals surface area contributed by atoms with Crippen LogP contribution in [-0.2, 0) is 29.3 Å². The quantitative estimate of drug-likeness (QED) is 0.271. The van der Waals surface area contributed by atoms with Gasteiger partial charge in [-0.15, -0.1) is 0 Å². The summed E-state index contributed by atoms with van der Waals surface area (Å²) < 4.78 is 26.2. The highest BCUT2D eigenvalue weighted by Gasteiger charge is 2.30. The predicted molar refractivity (Wildman–Crippen MR) is 146 cm³/mol. The van der Waals surface area contributed by atoms with Crippen LogP contribution in [0, 0.1) is 5.92 Å². The van der Waals surface area contributed by atoms with Gasteiger partial charge in [-0.1, -0.05) is 58.5 Å². The number of nitrogens with two attached hydrogens (primary N) is 1. The van der Waals surface area contributed by atoms with Gasteiger partial charge in [-0.05, 0) is 61.4 Å². The van der Waals surface area contributed by atoms with Crippen molar-refractivity contribution in [2.75, 3.05) is 0 Å². The Labute approximate surface area is 227 Å². The van der Waals surface area contributed by atoms with Crippen LogP contribution in [-0.4, -0.2) is 34.3 Å². The lowest BCUT2D eigenvalue weighted by molar-refractivity contribution is 0.0690. The first-order valence-electron chi connectivity index (χ1n) is 11.9. The van der Waals surface area contributed by atoms with Crippen molar-refractivity contribution in [2.24, 2.45) is 11.1 Å². The lowest BCUT2D eigenvalue weighted by Crippen LogP contribution is -2.12. The van der Waals surface area contributed by atoms with Gasteiger partial charge < -0.3 is 5.11 Å². The standard InChI is InChI=1S/C26H25BrN4O4S2/c1-2-22-24(25(32)33)29-26(36-22)31-21(13-16-6-7-16)20(23(30-31)17-4-3-5-18(27)14-17)12-15-8-10-19(11-9-15)37(28,34)35/h3-5,8-11,14,16H,2,6-7,12-13H2,1H3,(H,32,33)(H2,28,34,35). The van der Waals surface area contributed by atoms with E-state index in [1.807, 2.05) is 35.9 Å². The number of aromatic carboxylic acids is 1. The summed E-state index contributed by atoms with van der Waals surface area (Å²) in [6, 6.07) is 14.5. The zero-order valence-electron chi connectivity index (χ0n) is 20.0. The summed E-state index contributed by atoms with van der Waals surface area (Å²) in [6.07, 6.45) is 4.17. The van der Waals surface area contributed by atoms with Gasteiger partial charge in [0.2, 0.25) is 15.2 Å². The number of sulfonamides is 1. The third-order valence-electron chi connectivity index (χ3n) is 6.39. The fourth-order valence-corrected chi connectivity index (χ4v) is 6.22. The van der Waals surface area contributed by atoms with Crippen molar-refractivity contribution in [2.45, 2.75) is 43.9 Å². The number of halogens is 1. The molecular formula is C26H25BrN4O4S2. The minimum atomic E-state index is -3.78. The van der Waals surface area contributed by atoms with E-state index in [0.29, 0.717) is 28.8 Å². The SMILES string of the molecule is CCc1sc(-n2nc(-c3cccc(Br)c3)c(Cc3ccc(S(N)(=O)=O)cc3)c2CC2CC2)nc1C(=O)O. The second-order valence-electron chi connectivity index (χ2n) is 9.14. The number of carboxylic acids is 1. The summed E-state index contributed by atoms with van der Waals surface area (Å²) in [5.74, 6) is -0.503. The second kappa shape index (κ2) is 10.1. The van der Waals surface area contributed by atoms with Crippen LogP contribution < -0.4 is 5.14 Å². The van der Waals surface area contributed by atoms with Gasteiger partial charge in [0.1, 0.15) is 0 Å². The van der Waals surface area contributed by atoms with Crippen LogP contribution in [0.4, 0.5) is 0 Å². The van der Waals surface area contributed by atoms with Gasteiger partial charge in [-0.3, -0.25) is 0 Å². The van der Waals surface area contributed by atoms with Crippen LogP contribution in [0.1, 0.15) is 52.0 Å². The minimum Gasteiger partial charge on any atom is -0.476 e. The molecule has 1 aliphatic rings. The molecule has 3 N–H and O–H groups in total. The van der Waals surface area contributed by atoms with Crippen LogP contribution in [0.2, 0.25) is 0 Å². The molecule has 0 atom stereocenters. The van der Waals surface area contributed by atoms with Gasteiger partial charge >= 0.3 is 5.97 Å². The number of hydrogen-bond acceptors (Lipinski definition) is 6. The molecule has 2 heterocycles. The van der Waals surface area contributed by atoms with Gasteiger partial charge in [-0.2, -0.15) is 5.10 Å². The molecule has 1 fully saturated rings. The van der Waals surface area contributed by atoms with E-state index in [1.54, 1.807) is 12.1 Å². The number of aryl methyl sites for hydroxylation is 1. The van der Waals surface area contributed by atoms with Gasteiger partial charge in [-0.25, -0.2) is 28.0 Å². The molecule has 1 aliphatic carbocycles. The zero-order chi connectivity index (χ0) is 26.3. The van der Waals surface area contributed by atoms with Crippen LogP contribution >= 0.6 is 27.3 Å². The third kappa shape index (κ3) is 5.54. The molecule has 192 valence electrons. The lowest BCUT2D eigenvalue weighted by Gasteiger charge is -2.09. The Morgan fingerprint density at radius 1 is 1.22 bits per heavy atom. The Kier molecular flexibility index (Phi) is 7.06. The van der Waals surface area contributed by atoms with Crippen LogP contribution in [0.3, 0.4) is 0 Å². The van der Waals surface area contributed by atoms with E-state index >= 15 is 0 Å². The number of primary sulfonamides is 1. The zero-order valence-corrected chi connectivity index (χ0v) is 23.2. The average molecular weight is 602 g/mol. The molecule has 0 saturated heterocycles. The van der Waals surface area contributed by atoms with E-state index in [4.69, 9.17) is 10.2 Å². The summed E-state index contributed by atoms with van der Waals surface area (Å²) in [7, 11) is -3.78. The van der Waals surface area contributed by atoms with Gasteiger partial charge in [0.25, 0.3) is 0 Å². The Bertz CT molecular complexity index is 1590. The maximum atomic E-state index is 11.8. The maximum absolute atomic E-state index is 11.8. The highest BCUT2D eigenvalue weighted by molar-refractivity contribution is 9.10. The monoisotopic (exact) mass is 600 g/mol. The third-order valence-corrected chi connectivity index (χ3v) is 8.99. The van der Waals surface area contributed by atoms with Crippen molar-refractivity contribution >= 4 is 43.3 Å². The second-order valence-corrected chi connectivity index (χ2v) is 12.7. The molecule has 1 saturated carbocycles. The van der Waals surface area contributed by atoms with E-state index in [2.05, 4.69) is 20.9 Å². The van der Waals surface area contributed by atoms with Gasteiger partial charge in [0.05, 0.1) is 16.3 Å². The molecule has 0 radical (unpaired) electrons. The molecule has 2 aromatic carbocycles. The summed E-state index contributed by atoms with van der Waals surface area (Å²) in [5, 5.41) is 20.5. The van der Waals surface area contributed by atoms with Crippen molar-refractivity contribution in [3.63, 3.8) is 0 Å². The van der Waals surface area contributed by atoms with Crippen LogP contribution in [0.15, 0.2) is 57.9 Å². The highest BCUT2D eigenvalue weighted by Crippen LogP contribution is 2.39. The average Bonchev–Trinajstić information content (AvgIpc) is 3.45. The molecule has 0 aliphatic heterocycles. The molecule has 0 bridgehead atoms. The number of carboxylic acid groups (broad SMARTS) is 1. The van der Waals surface area contributed by atoms with Crippen molar-refractivity contribution in [1.82, 2.24) is 14.8 Å². The van der Waals surface area contributed by atoms with Crippen molar-refractivity contribution in [1.29, 1.82) is 0 Å². The molecule has 2 aromatic heterocycles. The Morgan fingerprint density at radius 3 is 2.51 bits per heavy atom. The Balaban J connectivity index is 1.68. The number of nitrogens with zero attached hydrogens (tertiary/aromatic N) is 3. The molecule has 4 aromatic rings. The van der Waals surface area contributed by atoms with E-state index in [1.165, 1.54) is 23.5 Å². The first-order chi connectivity index (χ1) is 17.6. The fraction of sp³-hybridized carbons (Fsp3) is 0.269. The van der Waals surface area contributed by atoms with E-state index in [0.717, 1.165) is 51.8 Å². The maximum Gasteiger partial charge on any atom is 0.355 e. The molecule has 0 spiro atoms. The van der Waals surface area contributed by atoms with Gasteiger partial charge in [0.15, 0.2) is 5.69 Å². The molecule has 0 amide bonds. The Hall–Kier alpha value is -2.86. The number of benzene rings is 2. The highest BCUT2D eigenvalue weighted by atomic mass is 79.9. The smallest absolute Gasteiger partial charge is 0.355 e. The molecular weight excluding hydrogens is 576 g/mol. The van der Waals surface area contributed by atoms with E-state index in [9.17, 15) is 18.3 Å². The lowest BCUT2D eigenvalue weighted by atomic mass is 9.97.